The van der Waals surface area contributed by atoms with E-state index in [1.807, 2.05) is 45.0 Å². The lowest BCUT2D eigenvalue weighted by Crippen LogP contribution is -2.19. The smallest absolute Gasteiger partial charge is 0.253 e. The molecular formula is C13H16N2O2. The molecule has 4 heteroatoms. The van der Waals surface area contributed by atoms with Crippen molar-refractivity contribution in [3.63, 3.8) is 0 Å². The Hall–Kier alpha value is -1.84. The molecule has 1 aliphatic rings. The molecule has 0 fully saturated rings. The molecule has 0 aliphatic carbocycles. The standard InChI is InChI=1S/C13H16N2O2/c1-9(2)17-12-6-4-11(5-7-12)15-13(16)8-10(3)14-15/h4-7,9H,8H2,1-3H3. The van der Waals surface area contributed by atoms with E-state index in [1.54, 1.807) is 0 Å². The summed E-state index contributed by atoms with van der Waals surface area (Å²) in [4.78, 5) is 11.6. The van der Waals surface area contributed by atoms with E-state index in [2.05, 4.69) is 5.10 Å². The summed E-state index contributed by atoms with van der Waals surface area (Å²) in [5.74, 6) is 0.816. The number of hydrogen-bond donors (Lipinski definition) is 0. The molecule has 0 unspecified atom stereocenters. The van der Waals surface area contributed by atoms with Gasteiger partial charge in [0.05, 0.1) is 18.2 Å². The van der Waals surface area contributed by atoms with Crippen molar-refractivity contribution in [2.45, 2.75) is 33.3 Å². The van der Waals surface area contributed by atoms with Crippen LogP contribution in [0.4, 0.5) is 5.69 Å². The maximum absolute atomic E-state index is 11.6. The summed E-state index contributed by atoms with van der Waals surface area (Å²) in [6, 6.07) is 7.40. The molecule has 0 saturated carbocycles. The molecule has 0 radical (unpaired) electrons. The van der Waals surface area contributed by atoms with Crippen LogP contribution in [-0.2, 0) is 4.79 Å². The number of rotatable bonds is 3. The maximum atomic E-state index is 11.6. The summed E-state index contributed by atoms with van der Waals surface area (Å²) in [5, 5.41) is 5.63. The Labute approximate surface area is 101 Å². The quantitative estimate of drug-likeness (QED) is 0.803. The fourth-order valence-electron chi connectivity index (χ4n) is 1.70. The van der Waals surface area contributed by atoms with Gasteiger partial charge in [0.2, 0.25) is 0 Å². The Morgan fingerprint density at radius 2 is 1.94 bits per heavy atom. The van der Waals surface area contributed by atoms with E-state index >= 15 is 0 Å². The summed E-state index contributed by atoms with van der Waals surface area (Å²) in [7, 11) is 0. The van der Waals surface area contributed by atoms with Crippen LogP contribution >= 0.6 is 0 Å². The molecular weight excluding hydrogens is 216 g/mol. The van der Waals surface area contributed by atoms with Crippen LogP contribution in [0.15, 0.2) is 29.4 Å². The zero-order chi connectivity index (χ0) is 12.4. The molecule has 1 aliphatic heterocycles. The van der Waals surface area contributed by atoms with Gasteiger partial charge in [0.15, 0.2) is 0 Å². The molecule has 0 atom stereocenters. The summed E-state index contributed by atoms with van der Waals surface area (Å²) in [5.41, 5.74) is 1.63. The van der Waals surface area contributed by atoms with E-state index in [-0.39, 0.29) is 12.0 Å². The van der Waals surface area contributed by atoms with Gasteiger partial charge in [-0.25, -0.2) is 5.01 Å². The van der Waals surface area contributed by atoms with Crippen LogP contribution in [0, 0.1) is 0 Å². The number of benzene rings is 1. The van der Waals surface area contributed by atoms with E-state index in [1.165, 1.54) is 5.01 Å². The molecule has 0 bridgehead atoms. The Kier molecular flexibility index (Phi) is 3.13. The Morgan fingerprint density at radius 3 is 2.41 bits per heavy atom. The van der Waals surface area contributed by atoms with E-state index in [9.17, 15) is 4.79 Å². The molecule has 0 saturated heterocycles. The predicted octanol–water partition coefficient (Wildman–Crippen LogP) is 2.59. The number of amides is 1. The molecule has 1 aromatic carbocycles. The lowest BCUT2D eigenvalue weighted by molar-refractivity contribution is -0.116. The summed E-state index contributed by atoms with van der Waals surface area (Å²) in [6.45, 7) is 5.81. The number of ether oxygens (including phenoxy) is 1. The van der Waals surface area contributed by atoms with Crippen molar-refractivity contribution in [1.29, 1.82) is 0 Å². The number of anilines is 1. The van der Waals surface area contributed by atoms with Crippen molar-refractivity contribution in [2.75, 3.05) is 5.01 Å². The maximum Gasteiger partial charge on any atom is 0.253 e. The number of nitrogens with zero attached hydrogens (tertiary/aromatic N) is 2. The van der Waals surface area contributed by atoms with Gasteiger partial charge in [-0.05, 0) is 45.0 Å². The van der Waals surface area contributed by atoms with Crippen LogP contribution in [0.25, 0.3) is 0 Å². The van der Waals surface area contributed by atoms with Crippen LogP contribution in [0.1, 0.15) is 27.2 Å². The number of hydrazone groups is 1. The average Bonchev–Trinajstić information content (AvgIpc) is 2.58. The topological polar surface area (TPSA) is 41.9 Å². The van der Waals surface area contributed by atoms with Gasteiger partial charge in [-0.3, -0.25) is 4.79 Å². The SMILES string of the molecule is CC1=NN(c2ccc(OC(C)C)cc2)C(=O)C1. The Balaban J connectivity index is 2.15. The lowest BCUT2D eigenvalue weighted by atomic mass is 10.2. The second-order valence-electron chi connectivity index (χ2n) is 4.38. The van der Waals surface area contributed by atoms with E-state index < -0.39 is 0 Å². The van der Waals surface area contributed by atoms with Gasteiger partial charge in [-0.1, -0.05) is 0 Å². The van der Waals surface area contributed by atoms with Crippen LogP contribution in [0.2, 0.25) is 0 Å². The lowest BCUT2D eigenvalue weighted by Gasteiger charge is -2.13. The van der Waals surface area contributed by atoms with Gasteiger partial charge >= 0.3 is 0 Å². The highest BCUT2D eigenvalue weighted by Gasteiger charge is 2.22. The highest BCUT2D eigenvalue weighted by atomic mass is 16.5. The van der Waals surface area contributed by atoms with Gasteiger partial charge in [0, 0.05) is 5.71 Å². The third kappa shape index (κ3) is 2.64. The van der Waals surface area contributed by atoms with E-state index in [0.29, 0.717) is 6.42 Å². The van der Waals surface area contributed by atoms with E-state index in [4.69, 9.17) is 4.74 Å². The first-order valence-corrected chi connectivity index (χ1v) is 5.70. The van der Waals surface area contributed by atoms with Crippen LogP contribution in [-0.4, -0.2) is 17.7 Å². The first kappa shape index (κ1) is 11.6. The third-order valence-electron chi connectivity index (χ3n) is 2.37. The van der Waals surface area contributed by atoms with Crippen LogP contribution in [0.5, 0.6) is 5.75 Å². The minimum Gasteiger partial charge on any atom is -0.491 e. The monoisotopic (exact) mass is 232 g/mol. The zero-order valence-electron chi connectivity index (χ0n) is 10.3. The average molecular weight is 232 g/mol. The van der Waals surface area contributed by atoms with Crippen molar-refractivity contribution in [3.05, 3.63) is 24.3 Å². The van der Waals surface area contributed by atoms with Gasteiger partial charge in [0.25, 0.3) is 5.91 Å². The Morgan fingerprint density at radius 1 is 1.29 bits per heavy atom. The summed E-state index contributed by atoms with van der Waals surface area (Å²) >= 11 is 0. The summed E-state index contributed by atoms with van der Waals surface area (Å²) in [6.07, 6.45) is 0.555. The van der Waals surface area contributed by atoms with Gasteiger partial charge in [-0.15, -0.1) is 0 Å². The van der Waals surface area contributed by atoms with Gasteiger partial charge in [-0.2, -0.15) is 5.10 Å². The highest BCUT2D eigenvalue weighted by molar-refractivity contribution is 6.12. The largest absolute Gasteiger partial charge is 0.491 e. The second kappa shape index (κ2) is 4.57. The van der Waals surface area contributed by atoms with Crippen LogP contribution in [0.3, 0.4) is 0 Å². The van der Waals surface area contributed by atoms with E-state index in [0.717, 1.165) is 17.1 Å². The molecule has 17 heavy (non-hydrogen) atoms. The summed E-state index contributed by atoms with van der Waals surface area (Å²) < 4.78 is 5.54. The van der Waals surface area contributed by atoms with Crippen molar-refractivity contribution >= 4 is 17.3 Å². The third-order valence-corrected chi connectivity index (χ3v) is 2.37. The zero-order valence-corrected chi connectivity index (χ0v) is 10.3. The molecule has 1 heterocycles. The van der Waals surface area contributed by atoms with Gasteiger partial charge in [0.1, 0.15) is 5.75 Å². The van der Waals surface area contributed by atoms with Crippen molar-refractivity contribution < 1.29 is 9.53 Å². The molecule has 4 nitrogen and oxygen atoms in total. The van der Waals surface area contributed by atoms with Crippen molar-refractivity contribution in [3.8, 4) is 5.75 Å². The molecule has 0 N–H and O–H groups in total. The number of carbonyl (C=O) groups is 1. The first-order chi connectivity index (χ1) is 8.06. The molecule has 90 valence electrons. The van der Waals surface area contributed by atoms with Crippen LogP contribution < -0.4 is 9.75 Å². The second-order valence-corrected chi connectivity index (χ2v) is 4.38. The van der Waals surface area contributed by atoms with Crippen molar-refractivity contribution in [1.82, 2.24) is 0 Å². The minimum atomic E-state index is 0.0139. The fraction of sp³-hybridized carbons (Fsp3) is 0.385. The predicted molar refractivity (Wildman–Crippen MR) is 67.4 cm³/mol. The molecule has 2 rings (SSSR count). The minimum absolute atomic E-state index is 0.0139. The van der Waals surface area contributed by atoms with Gasteiger partial charge < -0.3 is 4.74 Å². The molecule has 0 aromatic heterocycles. The molecule has 0 spiro atoms. The first-order valence-electron chi connectivity index (χ1n) is 5.70. The Bertz CT molecular complexity index is 449. The fourth-order valence-corrected chi connectivity index (χ4v) is 1.70. The molecule has 1 aromatic rings. The molecule has 1 amide bonds. The van der Waals surface area contributed by atoms with Crippen molar-refractivity contribution in [2.24, 2.45) is 5.10 Å². The normalized spacial score (nSPS) is 15.4. The number of hydrogen-bond acceptors (Lipinski definition) is 3. The number of carbonyl (C=O) groups excluding carboxylic acids is 1. The highest BCUT2D eigenvalue weighted by Crippen LogP contribution is 2.23.